The Hall–Kier alpha value is -2.48. The van der Waals surface area contributed by atoms with E-state index in [2.05, 4.69) is 10.4 Å². The van der Waals surface area contributed by atoms with Gasteiger partial charge in [0.1, 0.15) is 5.82 Å². The van der Waals surface area contributed by atoms with Gasteiger partial charge in [-0.05, 0) is 24.6 Å². The standard InChI is InChI=1S/C17H19N5O2S/c1-9-14-15(25-8-13(23)18-16(14)22(4)19-9)10-5-6-11-12(7-10)21(3)17(24)20(11)2/h5-7,15H,8H2,1-4H3,(H,18,23). The summed E-state index contributed by atoms with van der Waals surface area (Å²) in [5.41, 5.74) is 4.73. The van der Waals surface area contributed by atoms with E-state index in [-0.39, 0.29) is 16.8 Å². The number of carbonyl (C=O) groups excluding carboxylic acids is 1. The largest absolute Gasteiger partial charge is 0.328 e. The maximum atomic E-state index is 12.2. The van der Waals surface area contributed by atoms with Gasteiger partial charge >= 0.3 is 5.69 Å². The van der Waals surface area contributed by atoms with Gasteiger partial charge < -0.3 is 5.32 Å². The zero-order valence-electron chi connectivity index (χ0n) is 14.5. The number of rotatable bonds is 1. The fraction of sp³-hybridized carbons (Fsp3) is 0.353. The highest BCUT2D eigenvalue weighted by Gasteiger charge is 2.29. The van der Waals surface area contributed by atoms with Gasteiger partial charge in [0, 0.05) is 26.7 Å². The molecule has 7 nitrogen and oxygen atoms in total. The van der Waals surface area contributed by atoms with Crippen LogP contribution in [0.15, 0.2) is 23.0 Å². The van der Waals surface area contributed by atoms with Crippen molar-refractivity contribution in [3.8, 4) is 0 Å². The molecular formula is C17H19N5O2S. The first-order chi connectivity index (χ1) is 11.9. The third-order valence-corrected chi connectivity index (χ3v) is 6.04. The van der Waals surface area contributed by atoms with E-state index in [4.69, 9.17) is 0 Å². The zero-order chi connectivity index (χ0) is 17.9. The van der Waals surface area contributed by atoms with E-state index < -0.39 is 0 Å². The number of fused-ring (bicyclic) bond motifs is 2. The summed E-state index contributed by atoms with van der Waals surface area (Å²) < 4.78 is 5.02. The Morgan fingerprint density at radius 3 is 2.64 bits per heavy atom. The molecule has 1 aliphatic heterocycles. The van der Waals surface area contributed by atoms with Crippen molar-refractivity contribution in [1.82, 2.24) is 18.9 Å². The molecule has 1 aliphatic rings. The van der Waals surface area contributed by atoms with Crippen LogP contribution in [0.2, 0.25) is 0 Å². The van der Waals surface area contributed by atoms with Gasteiger partial charge in [-0.25, -0.2) is 4.79 Å². The van der Waals surface area contributed by atoms with Gasteiger partial charge in [0.25, 0.3) is 0 Å². The molecule has 1 amide bonds. The third kappa shape index (κ3) is 2.31. The summed E-state index contributed by atoms with van der Waals surface area (Å²) in [7, 11) is 5.39. The smallest absolute Gasteiger partial charge is 0.310 e. The first kappa shape index (κ1) is 16.0. The second kappa shape index (κ2) is 5.52. The summed E-state index contributed by atoms with van der Waals surface area (Å²) in [6, 6.07) is 6.05. The van der Waals surface area contributed by atoms with E-state index in [9.17, 15) is 9.59 Å². The van der Waals surface area contributed by atoms with Crippen LogP contribution in [-0.2, 0) is 25.9 Å². The first-order valence-corrected chi connectivity index (χ1v) is 9.03. The third-order valence-electron chi connectivity index (χ3n) is 4.77. The first-order valence-electron chi connectivity index (χ1n) is 7.98. The van der Waals surface area contributed by atoms with Crippen LogP contribution in [0.5, 0.6) is 0 Å². The number of thioether (sulfide) groups is 1. The Labute approximate surface area is 148 Å². The summed E-state index contributed by atoms with van der Waals surface area (Å²) in [6.45, 7) is 1.96. The molecule has 4 rings (SSSR count). The van der Waals surface area contributed by atoms with Crippen LogP contribution >= 0.6 is 11.8 Å². The SMILES string of the molecule is Cc1nn(C)c2c1C(c1ccc3c(c1)n(C)c(=O)n3C)SCC(=O)N2. The van der Waals surface area contributed by atoms with Crippen LogP contribution in [0.1, 0.15) is 22.1 Å². The number of hydrogen-bond donors (Lipinski definition) is 1. The molecular weight excluding hydrogens is 338 g/mol. The Morgan fingerprint density at radius 2 is 1.88 bits per heavy atom. The molecule has 1 atom stereocenters. The van der Waals surface area contributed by atoms with Crippen LogP contribution in [0.4, 0.5) is 5.82 Å². The number of nitrogens with zero attached hydrogens (tertiary/aromatic N) is 4. The molecule has 3 aromatic rings. The van der Waals surface area contributed by atoms with Crippen molar-refractivity contribution in [2.24, 2.45) is 21.1 Å². The minimum atomic E-state index is -0.0456. The number of benzene rings is 1. The summed E-state index contributed by atoms with van der Waals surface area (Å²) in [5, 5.41) is 7.41. The van der Waals surface area contributed by atoms with Crippen LogP contribution in [0.3, 0.4) is 0 Å². The normalized spacial score (nSPS) is 17.4. The van der Waals surface area contributed by atoms with E-state index >= 15 is 0 Å². The molecule has 25 heavy (non-hydrogen) atoms. The van der Waals surface area contributed by atoms with Gasteiger partial charge in [-0.15, -0.1) is 11.8 Å². The molecule has 0 fully saturated rings. The average Bonchev–Trinajstić information content (AvgIpc) is 2.89. The molecule has 8 heteroatoms. The number of anilines is 1. The van der Waals surface area contributed by atoms with Gasteiger partial charge in [0.05, 0.1) is 27.7 Å². The molecule has 0 radical (unpaired) electrons. The van der Waals surface area contributed by atoms with Crippen LogP contribution in [0.25, 0.3) is 11.0 Å². The van der Waals surface area contributed by atoms with Gasteiger partial charge in [-0.3, -0.25) is 18.6 Å². The van der Waals surface area contributed by atoms with Gasteiger partial charge in [0.15, 0.2) is 0 Å². The predicted molar refractivity (Wildman–Crippen MR) is 99.0 cm³/mol. The number of nitrogens with one attached hydrogen (secondary N) is 1. The average molecular weight is 357 g/mol. The molecule has 0 saturated carbocycles. The lowest BCUT2D eigenvalue weighted by Gasteiger charge is -2.15. The van der Waals surface area contributed by atoms with Crippen LogP contribution in [0, 0.1) is 6.92 Å². The fourth-order valence-electron chi connectivity index (χ4n) is 3.50. The summed E-state index contributed by atoms with van der Waals surface area (Å²) in [6.07, 6.45) is 0. The Morgan fingerprint density at radius 1 is 1.16 bits per heavy atom. The molecule has 3 heterocycles. The maximum Gasteiger partial charge on any atom is 0.328 e. The molecule has 0 saturated heterocycles. The van der Waals surface area contributed by atoms with Gasteiger partial charge in [0.2, 0.25) is 5.91 Å². The summed E-state index contributed by atoms with van der Waals surface area (Å²) in [4.78, 5) is 24.3. The van der Waals surface area contributed by atoms with Gasteiger partial charge in [-0.1, -0.05) is 6.07 Å². The molecule has 130 valence electrons. The van der Waals surface area contributed by atoms with E-state index in [0.717, 1.165) is 33.7 Å². The highest BCUT2D eigenvalue weighted by molar-refractivity contribution is 8.00. The van der Waals surface area contributed by atoms with Crippen molar-refractivity contribution in [3.05, 3.63) is 45.5 Å². The second-order valence-corrected chi connectivity index (χ2v) is 7.45. The summed E-state index contributed by atoms with van der Waals surface area (Å²) in [5.74, 6) is 1.11. The fourth-order valence-corrected chi connectivity index (χ4v) is 4.68. The topological polar surface area (TPSA) is 73.8 Å². The second-order valence-electron chi connectivity index (χ2n) is 6.36. The van der Waals surface area contributed by atoms with E-state index in [1.165, 1.54) is 0 Å². The van der Waals surface area contributed by atoms with Crippen molar-refractivity contribution in [2.45, 2.75) is 12.2 Å². The minimum Gasteiger partial charge on any atom is -0.310 e. The van der Waals surface area contributed by atoms with Crippen molar-refractivity contribution < 1.29 is 4.79 Å². The Bertz CT molecular complexity index is 1080. The Kier molecular flexibility index (Phi) is 3.54. The lowest BCUT2D eigenvalue weighted by Crippen LogP contribution is -2.19. The maximum absolute atomic E-state index is 12.2. The van der Waals surface area contributed by atoms with Crippen LogP contribution in [-0.4, -0.2) is 30.6 Å². The molecule has 1 aromatic carbocycles. The quantitative estimate of drug-likeness (QED) is 0.719. The van der Waals surface area contributed by atoms with E-state index in [0.29, 0.717) is 5.75 Å². The Balaban J connectivity index is 1.93. The number of imidazole rings is 1. The number of aromatic nitrogens is 4. The highest BCUT2D eigenvalue weighted by Crippen LogP contribution is 2.43. The lowest BCUT2D eigenvalue weighted by molar-refractivity contribution is -0.113. The molecule has 0 spiro atoms. The highest BCUT2D eigenvalue weighted by atomic mass is 32.2. The zero-order valence-corrected chi connectivity index (χ0v) is 15.3. The molecule has 1 unspecified atom stereocenters. The van der Waals surface area contributed by atoms with Crippen molar-refractivity contribution in [2.75, 3.05) is 11.1 Å². The number of carbonyl (C=O) groups is 1. The van der Waals surface area contributed by atoms with Crippen molar-refractivity contribution >= 4 is 34.5 Å². The summed E-state index contributed by atoms with van der Waals surface area (Å²) >= 11 is 1.58. The van der Waals surface area contributed by atoms with Crippen LogP contribution < -0.4 is 11.0 Å². The van der Waals surface area contributed by atoms with E-state index in [1.54, 1.807) is 39.7 Å². The molecule has 0 bridgehead atoms. The molecule has 2 aromatic heterocycles. The monoisotopic (exact) mass is 357 g/mol. The number of hydrogen-bond acceptors (Lipinski definition) is 4. The predicted octanol–water partition coefficient (Wildman–Crippen LogP) is 1.69. The lowest BCUT2D eigenvalue weighted by atomic mass is 10.0. The van der Waals surface area contributed by atoms with Crippen molar-refractivity contribution in [1.29, 1.82) is 0 Å². The molecule has 1 N–H and O–H groups in total. The van der Waals surface area contributed by atoms with Gasteiger partial charge in [-0.2, -0.15) is 5.10 Å². The molecule has 0 aliphatic carbocycles. The minimum absolute atomic E-state index is 0.0117. The van der Waals surface area contributed by atoms with E-state index in [1.807, 2.05) is 32.2 Å². The number of amides is 1. The number of aryl methyl sites for hydroxylation is 4. The van der Waals surface area contributed by atoms with Crippen molar-refractivity contribution in [3.63, 3.8) is 0 Å².